The lowest BCUT2D eigenvalue weighted by molar-refractivity contribution is -0.385. The Balaban J connectivity index is 2.11. The van der Waals surface area contributed by atoms with Crippen LogP contribution in [0.2, 0.25) is 0 Å². The number of aryl methyl sites for hydroxylation is 1. The van der Waals surface area contributed by atoms with Gasteiger partial charge in [-0.2, -0.15) is 0 Å². The maximum Gasteiger partial charge on any atom is 0.273 e. The van der Waals surface area contributed by atoms with E-state index in [-0.39, 0.29) is 21.9 Å². The van der Waals surface area contributed by atoms with Gasteiger partial charge in [0.15, 0.2) is 5.11 Å². The normalized spacial score (nSPS) is 10.0. The Hall–Kier alpha value is -2.87. The zero-order chi connectivity index (χ0) is 17.0. The molecule has 118 valence electrons. The van der Waals surface area contributed by atoms with Crippen LogP contribution in [0.1, 0.15) is 21.5 Å². The number of benzene rings is 1. The molecule has 2 rings (SSSR count). The molecule has 8 heteroatoms. The molecular formula is C15H14N4O3S. The van der Waals surface area contributed by atoms with Gasteiger partial charge in [-0.1, -0.05) is 6.07 Å². The van der Waals surface area contributed by atoms with Gasteiger partial charge < -0.3 is 5.32 Å². The van der Waals surface area contributed by atoms with E-state index in [4.69, 9.17) is 12.2 Å². The molecule has 0 saturated heterocycles. The third-order valence-corrected chi connectivity index (χ3v) is 3.33. The second-order valence-electron chi connectivity index (χ2n) is 4.83. The van der Waals surface area contributed by atoms with Gasteiger partial charge in [0, 0.05) is 23.4 Å². The molecule has 0 radical (unpaired) electrons. The van der Waals surface area contributed by atoms with Crippen LogP contribution in [0.3, 0.4) is 0 Å². The van der Waals surface area contributed by atoms with Crippen LogP contribution in [0.15, 0.2) is 36.5 Å². The Morgan fingerprint density at radius 1 is 1.30 bits per heavy atom. The van der Waals surface area contributed by atoms with Gasteiger partial charge in [0.2, 0.25) is 0 Å². The number of carbonyl (C=O) groups is 1. The highest BCUT2D eigenvalue weighted by Crippen LogP contribution is 2.20. The van der Waals surface area contributed by atoms with Crippen molar-refractivity contribution >= 4 is 34.7 Å². The van der Waals surface area contributed by atoms with E-state index in [1.54, 1.807) is 12.3 Å². The first-order valence-corrected chi connectivity index (χ1v) is 7.08. The van der Waals surface area contributed by atoms with Crippen molar-refractivity contribution < 1.29 is 9.72 Å². The average Bonchev–Trinajstić information content (AvgIpc) is 2.46. The van der Waals surface area contributed by atoms with Gasteiger partial charge in [-0.15, -0.1) is 0 Å². The Labute approximate surface area is 137 Å². The van der Waals surface area contributed by atoms with Crippen molar-refractivity contribution in [3.8, 4) is 0 Å². The standard InChI is InChI=1S/C15H14N4O3S/c1-9-6-7-16-13(8-9)17-15(23)18-14(20)11-4-3-5-12(10(11)2)19(21)22/h3-8H,1-2H3,(H2,16,17,18,20,23). The largest absolute Gasteiger partial charge is 0.317 e. The molecule has 1 aromatic carbocycles. The molecule has 0 aliphatic heterocycles. The van der Waals surface area contributed by atoms with E-state index in [2.05, 4.69) is 15.6 Å². The molecule has 0 spiro atoms. The summed E-state index contributed by atoms with van der Waals surface area (Å²) < 4.78 is 0. The van der Waals surface area contributed by atoms with Crippen LogP contribution in [0, 0.1) is 24.0 Å². The summed E-state index contributed by atoms with van der Waals surface area (Å²) in [5, 5.41) is 16.3. The molecule has 1 heterocycles. The molecule has 1 aromatic heterocycles. The number of nitrogens with one attached hydrogen (secondary N) is 2. The summed E-state index contributed by atoms with van der Waals surface area (Å²) in [7, 11) is 0. The number of rotatable bonds is 3. The minimum atomic E-state index is -0.528. The third-order valence-electron chi connectivity index (χ3n) is 3.13. The number of nitrogens with zero attached hydrogens (tertiary/aromatic N) is 2. The molecule has 0 fully saturated rings. The van der Waals surface area contributed by atoms with E-state index >= 15 is 0 Å². The number of hydrogen-bond donors (Lipinski definition) is 2. The second kappa shape index (κ2) is 6.93. The molecule has 0 aliphatic carbocycles. The number of nitro benzene ring substituents is 1. The van der Waals surface area contributed by atoms with E-state index in [0.717, 1.165) is 5.56 Å². The zero-order valence-electron chi connectivity index (χ0n) is 12.5. The van der Waals surface area contributed by atoms with Crippen LogP contribution in [-0.2, 0) is 0 Å². The predicted octanol–water partition coefficient (Wildman–Crippen LogP) is 2.73. The highest BCUT2D eigenvalue weighted by Gasteiger charge is 2.18. The molecular weight excluding hydrogens is 316 g/mol. The predicted molar refractivity (Wildman–Crippen MR) is 90.5 cm³/mol. The van der Waals surface area contributed by atoms with E-state index in [1.165, 1.54) is 25.1 Å². The molecule has 2 N–H and O–H groups in total. The van der Waals surface area contributed by atoms with Gasteiger partial charge in [0.1, 0.15) is 5.82 Å². The lowest BCUT2D eigenvalue weighted by Gasteiger charge is -2.10. The molecule has 2 aromatic rings. The van der Waals surface area contributed by atoms with Crippen molar-refractivity contribution in [2.75, 3.05) is 5.32 Å². The van der Waals surface area contributed by atoms with E-state index in [9.17, 15) is 14.9 Å². The summed E-state index contributed by atoms with van der Waals surface area (Å²) >= 11 is 5.07. The van der Waals surface area contributed by atoms with Crippen LogP contribution < -0.4 is 10.6 Å². The van der Waals surface area contributed by atoms with Crippen LogP contribution in [0.4, 0.5) is 11.5 Å². The summed E-state index contributed by atoms with van der Waals surface area (Å²) in [5.41, 5.74) is 1.36. The third kappa shape index (κ3) is 4.07. The molecule has 7 nitrogen and oxygen atoms in total. The van der Waals surface area contributed by atoms with Gasteiger partial charge in [-0.05, 0) is 49.8 Å². The molecule has 0 unspecified atom stereocenters. The first-order chi connectivity index (χ1) is 10.9. The number of hydrogen-bond acceptors (Lipinski definition) is 5. The Morgan fingerprint density at radius 3 is 2.70 bits per heavy atom. The fourth-order valence-corrected chi connectivity index (χ4v) is 2.19. The molecule has 1 amide bonds. The molecule has 0 aliphatic rings. The summed E-state index contributed by atoms with van der Waals surface area (Å²) in [6, 6.07) is 7.92. The first-order valence-electron chi connectivity index (χ1n) is 6.67. The lowest BCUT2D eigenvalue weighted by Crippen LogP contribution is -2.34. The van der Waals surface area contributed by atoms with Gasteiger partial charge in [-0.3, -0.25) is 20.2 Å². The minimum absolute atomic E-state index is 0.0685. The topological polar surface area (TPSA) is 97.2 Å². The molecule has 0 atom stereocenters. The highest BCUT2D eigenvalue weighted by atomic mass is 32.1. The lowest BCUT2D eigenvalue weighted by atomic mass is 10.1. The van der Waals surface area contributed by atoms with E-state index < -0.39 is 10.8 Å². The quantitative estimate of drug-likeness (QED) is 0.510. The maximum absolute atomic E-state index is 12.2. The number of thiocarbonyl (C=S) groups is 1. The van der Waals surface area contributed by atoms with Crippen LogP contribution in [0.5, 0.6) is 0 Å². The fraction of sp³-hybridized carbons (Fsp3) is 0.133. The van der Waals surface area contributed by atoms with Crippen LogP contribution in [0.25, 0.3) is 0 Å². The van der Waals surface area contributed by atoms with Gasteiger partial charge in [-0.25, -0.2) is 4.98 Å². The van der Waals surface area contributed by atoms with Crippen molar-refractivity contribution in [3.05, 3.63) is 63.3 Å². The highest BCUT2D eigenvalue weighted by molar-refractivity contribution is 7.80. The summed E-state index contributed by atoms with van der Waals surface area (Å²) in [6.45, 7) is 3.42. The van der Waals surface area contributed by atoms with Gasteiger partial charge >= 0.3 is 0 Å². The summed E-state index contributed by atoms with van der Waals surface area (Å²) in [6.07, 6.45) is 1.62. The SMILES string of the molecule is Cc1ccnc(NC(=S)NC(=O)c2cccc([N+](=O)[O-])c2C)c1. The summed E-state index contributed by atoms with van der Waals surface area (Å²) in [5.74, 6) is -0.0117. The Kier molecular flexibility index (Phi) is 4.97. The van der Waals surface area contributed by atoms with Crippen LogP contribution in [-0.4, -0.2) is 20.9 Å². The monoisotopic (exact) mass is 330 g/mol. The number of anilines is 1. The number of pyridine rings is 1. The summed E-state index contributed by atoms with van der Waals surface area (Å²) in [4.78, 5) is 26.7. The van der Waals surface area contributed by atoms with Crippen molar-refractivity contribution in [1.29, 1.82) is 0 Å². The minimum Gasteiger partial charge on any atom is -0.317 e. The number of aromatic nitrogens is 1. The van der Waals surface area contributed by atoms with E-state index in [1.807, 2.05) is 13.0 Å². The van der Waals surface area contributed by atoms with Crippen molar-refractivity contribution in [2.45, 2.75) is 13.8 Å². The van der Waals surface area contributed by atoms with E-state index in [0.29, 0.717) is 5.82 Å². The molecule has 0 saturated carbocycles. The van der Waals surface area contributed by atoms with Crippen molar-refractivity contribution in [1.82, 2.24) is 10.3 Å². The van der Waals surface area contributed by atoms with Gasteiger partial charge in [0.25, 0.3) is 11.6 Å². The Bertz CT molecular complexity index is 792. The Morgan fingerprint density at radius 2 is 2.04 bits per heavy atom. The number of amides is 1. The number of carbonyl (C=O) groups excluding carboxylic acids is 1. The smallest absolute Gasteiger partial charge is 0.273 e. The van der Waals surface area contributed by atoms with Crippen molar-refractivity contribution in [3.63, 3.8) is 0 Å². The fourth-order valence-electron chi connectivity index (χ4n) is 1.99. The maximum atomic E-state index is 12.2. The van der Waals surface area contributed by atoms with Crippen molar-refractivity contribution in [2.24, 2.45) is 0 Å². The van der Waals surface area contributed by atoms with Crippen LogP contribution >= 0.6 is 12.2 Å². The average molecular weight is 330 g/mol. The zero-order valence-corrected chi connectivity index (χ0v) is 13.3. The first kappa shape index (κ1) is 16.5. The molecule has 0 bridgehead atoms. The van der Waals surface area contributed by atoms with Gasteiger partial charge in [0.05, 0.1) is 4.92 Å². The number of nitro groups is 1. The second-order valence-corrected chi connectivity index (χ2v) is 5.24. The molecule has 23 heavy (non-hydrogen) atoms.